The summed E-state index contributed by atoms with van der Waals surface area (Å²) < 4.78 is 1.60. The fourth-order valence-electron chi connectivity index (χ4n) is 5.44. The highest BCUT2D eigenvalue weighted by molar-refractivity contribution is 5.94. The zero-order valence-electron chi connectivity index (χ0n) is 23.0. The zero-order valence-corrected chi connectivity index (χ0v) is 23.0. The van der Waals surface area contributed by atoms with Gasteiger partial charge in [0.2, 0.25) is 0 Å². The lowest BCUT2D eigenvalue weighted by Gasteiger charge is -2.42. The summed E-state index contributed by atoms with van der Waals surface area (Å²) in [5, 5.41) is 22.1. The lowest BCUT2D eigenvalue weighted by Crippen LogP contribution is -2.53. The van der Waals surface area contributed by atoms with Crippen molar-refractivity contribution in [3.05, 3.63) is 99.0 Å². The van der Waals surface area contributed by atoms with Crippen LogP contribution in [0.15, 0.2) is 65.6 Å². The Hall–Kier alpha value is -4.84. The number of para-hydroxylation sites is 1. The summed E-state index contributed by atoms with van der Waals surface area (Å²) in [5.41, 5.74) is 5.11. The number of hydrogen-bond acceptors (Lipinski definition) is 7. The largest absolute Gasteiger partial charge is 0.478 e. The minimum Gasteiger partial charge on any atom is -0.478 e. The maximum atomic E-state index is 13.6. The summed E-state index contributed by atoms with van der Waals surface area (Å²) in [4.78, 5) is 34.9. The first-order chi connectivity index (χ1) is 19.2. The third kappa shape index (κ3) is 4.96. The summed E-state index contributed by atoms with van der Waals surface area (Å²) in [6, 6.07) is 18.3. The fourth-order valence-corrected chi connectivity index (χ4v) is 5.44. The van der Waals surface area contributed by atoms with Crippen LogP contribution in [0.3, 0.4) is 0 Å². The first-order valence-electron chi connectivity index (χ1n) is 13.3. The van der Waals surface area contributed by atoms with Gasteiger partial charge in [-0.2, -0.15) is 5.26 Å². The molecule has 4 aromatic rings. The molecule has 0 bridgehead atoms. The van der Waals surface area contributed by atoms with Crippen molar-refractivity contribution >= 4 is 28.8 Å². The molecule has 2 aromatic heterocycles. The SMILES string of the molecule is Cc1cc(C(C)Nc2ccccc2C(=O)O)c2nc(N3CCN(c4ccc(C#N)cc4)CC3C)c(C)c(=O)n2c1. The van der Waals surface area contributed by atoms with Crippen molar-refractivity contribution < 1.29 is 9.90 Å². The second-order valence-electron chi connectivity index (χ2n) is 10.4. The van der Waals surface area contributed by atoms with Gasteiger partial charge in [0.25, 0.3) is 5.56 Å². The van der Waals surface area contributed by atoms with E-state index < -0.39 is 5.97 Å². The summed E-state index contributed by atoms with van der Waals surface area (Å²) in [7, 11) is 0. The average molecular weight is 537 g/mol. The van der Waals surface area contributed by atoms with E-state index >= 15 is 0 Å². The predicted molar refractivity (Wildman–Crippen MR) is 157 cm³/mol. The number of nitrogens with one attached hydrogen (secondary N) is 1. The van der Waals surface area contributed by atoms with Gasteiger partial charge >= 0.3 is 5.97 Å². The van der Waals surface area contributed by atoms with E-state index in [0.29, 0.717) is 34.8 Å². The zero-order chi connectivity index (χ0) is 28.6. The normalized spacial score (nSPS) is 16.0. The van der Waals surface area contributed by atoms with E-state index in [9.17, 15) is 14.7 Å². The van der Waals surface area contributed by atoms with E-state index in [-0.39, 0.29) is 23.2 Å². The maximum absolute atomic E-state index is 13.6. The number of piperazine rings is 1. The Labute approximate surface area is 232 Å². The van der Waals surface area contributed by atoms with E-state index in [0.717, 1.165) is 29.9 Å². The number of anilines is 3. The lowest BCUT2D eigenvalue weighted by atomic mass is 10.1. The van der Waals surface area contributed by atoms with E-state index in [1.807, 2.05) is 51.1 Å². The number of benzene rings is 2. The van der Waals surface area contributed by atoms with Crippen molar-refractivity contribution in [1.82, 2.24) is 9.38 Å². The molecule has 2 atom stereocenters. The summed E-state index contributed by atoms with van der Waals surface area (Å²) in [5.74, 6) is -0.342. The third-order valence-corrected chi connectivity index (χ3v) is 7.55. The van der Waals surface area contributed by atoms with Gasteiger partial charge in [0, 0.05) is 48.8 Å². The quantitative estimate of drug-likeness (QED) is 0.362. The molecule has 40 heavy (non-hydrogen) atoms. The number of carboxylic acids is 1. The first-order valence-corrected chi connectivity index (χ1v) is 13.3. The Morgan fingerprint density at radius 3 is 2.55 bits per heavy atom. The van der Waals surface area contributed by atoms with Crippen LogP contribution in [0.2, 0.25) is 0 Å². The number of pyridine rings is 1. The minimum absolute atomic E-state index is 0.0873. The molecule has 0 amide bonds. The van der Waals surface area contributed by atoms with Crippen LogP contribution in [0.1, 0.15) is 52.5 Å². The van der Waals surface area contributed by atoms with E-state index in [2.05, 4.69) is 28.1 Å². The number of aromatic carboxylic acids is 1. The third-order valence-electron chi connectivity index (χ3n) is 7.55. The number of aromatic nitrogens is 2. The van der Waals surface area contributed by atoms with Crippen LogP contribution >= 0.6 is 0 Å². The fraction of sp³-hybridized carbons (Fsp3) is 0.290. The van der Waals surface area contributed by atoms with Crippen LogP contribution in [-0.4, -0.2) is 46.1 Å². The van der Waals surface area contributed by atoms with Crippen molar-refractivity contribution in [2.24, 2.45) is 0 Å². The van der Waals surface area contributed by atoms with Gasteiger partial charge in [-0.3, -0.25) is 9.20 Å². The van der Waals surface area contributed by atoms with Gasteiger partial charge in [-0.05, 0) is 75.7 Å². The molecule has 1 saturated heterocycles. The first kappa shape index (κ1) is 26.8. The molecule has 0 aliphatic carbocycles. The molecule has 9 nitrogen and oxygen atoms in total. The minimum atomic E-state index is -1.01. The molecule has 204 valence electrons. The highest BCUT2D eigenvalue weighted by atomic mass is 16.4. The molecule has 2 aromatic carbocycles. The van der Waals surface area contributed by atoms with Crippen LogP contribution in [0.4, 0.5) is 17.2 Å². The Kier molecular flexibility index (Phi) is 7.18. The Balaban J connectivity index is 1.50. The second-order valence-corrected chi connectivity index (χ2v) is 10.4. The van der Waals surface area contributed by atoms with Gasteiger partial charge in [-0.1, -0.05) is 12.1 Å². The standard InChI is InChI=1S/C31H32N6O3/c1-19-15-26(22(4)33-27-8-6-5-7-25(27)31(39)40)29-34-28(21(3)30(38)37(29)17-19)36-14-13-35(18-20(36)2)24-11-9-23(16-32)10-12-24/h5-12,15,17,20,22,33H,13-14,18H2,1-4H3,(H,39,40). The van der Waals surface area contributed by atoms with Gasteiger partial charge < -0.3 is 20.2 Å². The smallest absolute Gasteiger partial charge is 0.337 e. The Morgan fingerprint density at radius 2 is 1.88 bits per heavy atom. The number of carboxylic acid groups (broad SMARTS) is 1. The van der Waals surface area contributed by atoms with Gasteiger partial charge in [0.05, 0.1) is 28.8 Å². The van der Waals surface area contributed by atoms with Crippen molar-refractivity contribution in [3.8, 4) is 6.07 Å². The maximum Gasteiger partial charge on any atom is 0.337 e. The topological polar surface area (TPSA) is 114 Å². The molecule has 3 heterocycles. The predicted octanol–water partition coefficient (Wildman–Crippen LogP) is 4.77. The van der Waals surface area contributed by atoms with Crippen molar-refractivity contribution in [2.45, 2.75) is 39.8 Å². The van der Waals surface area contributed by atoms with Crippen LogP contribution in [-0.2, 0) is 0 Å². The molecule has 2 unspecified atom stereocenters. The number of carbonyl (C=O) groups is 1. The molecule has 0 radical (unpaired) electrons. The summed E-state index contributed by atoms with van der Waals surface area (Å²) in [6.45, 7) is 10.0. The highest BCUT2D eigenvalue weighted by Gasteiger charge is 2.28. The number of nitriles is 1. The lowest BCUT2D eigenvalue weighted by molar-refractivity contribution is 0.0698. The van der Waals surface area contributed by atoms with E-state index in [4.69, 9.17) is 10.2 Å². The van der Waals surface area contributed by atoms with Crippen LogP contribution < -0.4 is 20.7 Å². The van der Waals surface area contributed by atoms with E-state index in [1.165, 1.54) is 0 Å². The molecule has 0 spiro atoms. The number of aryl methyl sites for hydroxylation is 1. The van der Waals surface area contributed by atoms with Crippen LogP contribution in [0.5, 0.6) is 0 Å². The molecular formula is C31H32N6O3. The number of rotatable bonds is 6. The Bertz CT molecular complexity index is 1690. The van der Waals surface area contributed by atoms with Gasteiger partial charge in [0.1, 0.15) is 11.5 Å². The van der Waals surface area contributed by atoms with Gasteiger partial charge in [-0.15, -0.1) is 0 Å². The van der Waals surface area contributed by atoms with Crippen molar-refractivity contribution in [2.75, 3.05) is 34.8 Å². The van der Waals surface area contributed by atoms with Gasteiger partial charge in [-0.25, -0.2) is 9.78 Å². The highest BCUT2D eigenvalue weighted by Crippen LogP contribution is 2.29. The number of hydrogen-bond donors (Lipinski definition) is 2. The van der Waals surface area contributed by atoms with E-state index in [1.54, 1.807) is 34.9 Å². The molecule has 0 saturated carbocycles. The number of fused-ring (bicyclic) bond motifs is 1. The second kappa shape index (κ2) is 10.7. The monoisotopic (exact) mass is 536 g/mol. The average Bonchev–Trinajstić information content (AvgIpc) is 2.95. The van der Waals surface area contributed by atoms with Crippen LogP contribution in [0.25, 0.3) is 5.65 Å². The molecule has 1 aliphatic heterocycles. The molecular weight excluding hydrogens is 504 g/mol. The molecule has 1 fully saturated rings. The molecule has 1 aliphatic rings. The summed E-state index contributed by atoms with van der Waals surface area (Å²) in [6.07, 6.45) is 1.80. The van der Waals surface area contributed by atoms with Gasteiger partial charge in [0.15, 0.2) is 0 Å². The van der Waals surface area contributed by atoms with Crippen molar-refractivity contribution in [1.29, 1.82) is 5.26 Å². The number of nitrogens with zero attached hydrogens (tertiary/aromatic N) is 5. The molecule has 9 heteroatoms. The summed E-state index contributed by atoms with van der Waals surface area (Å²) >= 11 is 0. The van der Waals surface area contributed by atoms with Crippen LogP contribution in [0, 0.1) is 25.2 Å². The van der Waals surface area contributed by atoms with Crippen molar-refractivity contribution in [3.63, 3.8) is 0 Å². The molecule has 5 rings (SSSR count). The molecule has 2 N–H and O–H groups in total. The Morgan fingerprint density at radius 1 is 1.15 bits per heavy atom.